The zero-order valence-corrected chi connectivity index (χ0v) is 9.65. The zero-order valence-electron chi connectivity index (χ0n) is 9.65. The first kappa shape index (κ1) is 14.6. The summed E-state index contributed by atoms with van der Waals surface area (Å²) in [7, 11) is 0. The topological polar surface area (TPSA) is 82.3 Å². The summed E-state index contributed by atoms with van der Waals surface area (Å²) in [5.74, 6) is -0.624. The summed E-state index contributed by atoms with van der Waals surface area (Å²) in [5, 5.41) is 19.4. The van der Waals surface area contributed by atoms with E-state index in [0.717, 1.165) is 12.1 Å². The molecule has 2 N–H and O–H groups in total. The summed E-state index contributed by atoms with van der Waals surface area (Å²) in [5.41, 5.74) is 0.0299. The van der Waals surface area contributed by atoms with Crippen LogP contribution in [-0.2, 0) is 0 Å². The summed E-state index contributed by atoms with van der Waals surface area (Å²) < 4.78 is 39.9. The number of rotatable bonds is 3. The van der Waals surface area contributed by atoms with Crippen molar-refractivity contribution >= 4 is 6.09 Å². The highest BCUT2D eigenvalue weighted by atomic mass is 19.4. The number of hydrogen-bond acceptors (Lipinski definition) is 3. The number of nitrogens with one attached hydrogen (secondary N) is 1. The van der Waals surface area contributed by atoms with E-state index in [-0.39, 0.29) is 5.56 Å². The van der Waals surface area contributed by atoms with Crippen LogP contribution in [0.5, 0.6) is 5.75 Å². The van der Waals surface area contributed by atoms with E-state index in [1.807, 2.05) is 0 Å². The second kappa shape index (κ2) is 5.48. The van der Waals surface area contributed by atoms with E-state index < -0.39 is 24.2 Å². The molecule has 1 atom stereocenters. The van der Waals surface area contributed by atoms with Gasteiger partial charge in [0.1, 0.15) is 11.8 Å². The van der Waals surface area contributed by atoms with Crippen molar-refractivity contribution < 1.29 is 27.8 Å². The van der Waals surface area contributed by atoms with Crippen LogP contribution in [0.25, 0.3) is 0 Å². The Kier molecular flexibility index (Phi) is 4.22. The second-order valence-electron chi connectivity index (χ2n) is 3.59. The predicted molar refractivity (Wildman–Crippen MR) is 57.4 cm³/mol. The number of amides is 1. The fourth-order valence-corrected chi connectivity index (χ4v) is 1.39. The molecule has 1 aromatic rings. The smallest absolute Gasteiger partial charge is 0.465 e. The van der Waals surface area contributed by atoms with Gasteiger partial charge in [0.25, 0.3) is 0 Å². The van der Waals surface area contributed by atoms with Gasteiger partial charge in [0.2, 0.25) is 0 Å². The normalized spacial score (nSPS) is 12.4. The van der Waals surface area contributed by atoms with Gasteiger partial charge in [0.05, 0.1) is 11.6 Å². The molecular weight excluding hydrogens is 265 g/mol. The third-order valence-electron chi connectivity index (χ3n) is 2.19. The molecule has 1 unspecified atom stereocenters. The maximum absolute atomic E-state index is 12.1. The monoisotopic (exact) mass is 274 g/mol. The third-order valence-corrected chi connectivity index (χ3v) is 2.19. The molecule has 0 saturated heterocycles. The van der Waals surface area contributed by atoms with Crippen LogP contribution in [0.1, 0.15) is 24.1 Å². The Labute approximate surface area is 106 Å². The molecule has 19 heavy (non-hydrogen) atoms. The minimum atomic E-state index is -4.89. The van der Waals surface area contributed by atoms with Gasteiger partial charge in [0, 0.05) is 0 Å². The molecule has 102 valence electrons. The Hall–Kier alpha value is -2.43. The van der Waals surface area contributed by atoms with Crippen LogP contribution in [0.3, 0.4) is 0 Å². The van der Waals surface area contributed by atoms with Crippen molar-refractivity contribution in [1.82, 2.24) is 5.32 Å². The van der Waals surface area contributed by atoms with Crippen LogP contribution in [0.4, 0.5) is 18.0 Å². The van der Waals surface area contributed by atoms with Gasteiger partial charge in [-0.2, -0.15) is 5.26 Å². The van der Waals surface area contributed by atoms with Crippen LogP contribution in [-0.4, -0.2) is 17.6 Å². The van der Waals surface area contributed by atoms with E-state index in [1.165, 1.54) is 13.0 Å². The highest BCUT2D eigenvalue weighted by Crippen LogP contribution is 2.28. The SMILES string of the molecule is CC(NC(=O)O)c1ccc(OC(F)(F)F)c(C#N)c1. The maximum Gasteiger partial charge on any atom is 0.573 e. The van der Waals surface area contributed by atoms with Gasteiger partial charge < -0.3 is 15.2 Å². The number of carboxylic acid groups (broad SMARTS) is 1. The maximum atomic E-state index is 12.1. The Bertz CT molecular complexity index is 523. The molecule has 0 saturated carbocycles. The summed E-state index contributed by atoms with van der Waals surface area (Å²) in [6, 6.07) is 4.27. The summed E-state index contributed by atoms with van der Waals surface area (Å²) in [6.45, 7) is 1.49. The van der Waals surface area contributed by atoms with Crippen LogP contribution in [0.2, 0.25) is 0 Å². The average Bonchev–Trinajstić information content (AvgIpc) is 2.26. The van der Waals surface area contributed by atoms with Crippen molar-refractivity contribution in [2.45, 2.75) is 19.3 Å². The molecule has 1 aromatic carbocycles. The Morgan fingerprint density at radius 3 is 2.63 bits per heavy atom. The van der Waals surface area contributed by atoms with Gasteiger partial charge in [-0.25, -0.2) is 4.79 Å². The number of ether oxygens (including phenoxy) is 1. The van der Waals surface area contributed by atoms with Crippen LogP contribution < -0.4 is 10.1 Å². The van der Waals surface area contributed by atoms with Crippen LogP contribution in [0.15, 0.2) is 18.2 Å². The van der Waals surface area contributed by atoms with Crippen molar-refractivity contribution in [1.29, 1.82) is 5.26 Å². The number of hydrogen-bond donors (Lipinski definition) is 2. The van der Waals surface area contributed by atoms with Gasteiger partial charge in [-0.05, 0) is 24.6 Å². The molecule has 0 aromatic heterocycles. The molecule has 0 heterocycles. The van der Waals surface area contributed by atoms with E-state index in [1.54, 1.807) is 6.07 Å². The number of benzene rings is 1. The van der Waals surface area contributed by atoms with Crippen molar-refractivity contribution in [3.05, 3.63) is 29.3 Å². The van der Waals surface area contributed by atoms with E-state index in [0.29, 0.717) is 5.56 Å². The van der Waals surface area contributed by atoms with E-state index >= 15 is 0 Å². The molecule has 0 fully saturated rings. The highest BCUT2D eigenvalue weighted by Gasteiger charge is 2.32. The number of nitrogens with zero attached hydrogens (tertiary/aromatic N) is 1. The lowest BCUT2D eigenvalue weighted by Gasteiger charge is -2.14. The fourth-order valence-electron chi connectivity index (χ4n) is 1.39. The van der Waals surface area contributed by atoms with Gasteiger partial charge in [-0.1, -0.05) is 6.07 Å². The molecule has 0 aliphatic heterocycles. The number of alkyl halides is 3. The molecular formula is C11H9F3N2O3. The van der Waals surface area contributed by atoms with Crippen molar-refractivity contribution in [2.75, 3.05) is 0 Å². The molecule has 0 aliphatic carbocycles. The molecule has 0 spiro atoms. The predicted octanol–water partition coefficient (Wildman–Crippen LogP) is 2.79. The largest absolute Gasteiger partial charge is 0.573 e. The third kappa shape index (κ3) is 4.39. The molecule has 0 radical (unpaired) electrons. The van der Waals surface area contributed by atoms with Crippen molar-refractivity contribution in [3.63, 3.8) is 0 Å². The standard InChI is InChI=1S/C11H9F3N2O3/c1-6(16-10(17)18)7-2-3-9(8(4-7)5-15)19-11(12,13)14/h2-4,6,16H,1H3,(H,17,18). The number of nitriles is 1. The lowest BCUT2D eigenvalue weighted by molar-refractivity contribution is -0.274. The molecule has 1 amide bonds. The van der Waals surface area contributed by atoms with E-state index in [9.17, 15) is 18.0 Å². The fraction of sp³-hybridized carbons (Fsp3) is 0.273. The first-order valence-corrected chi connectivity index (χ1v) is 5.02. The molecule has 0 bridgehead atoms. The first-order chi connectivity index (χ1) is 8.73. The summed E-state index contributed by atoms with van der Waals surface area (Å²) in [6.07, 6.45) is -6.17. The second-order valence-corrected chi connectivity index (χ2v) is 3.59. The quantitative estimate of drug-likeness (QED) is 0.887. The summed E-state index contributed by atoms with van der Waals surface area (Å²) in [4.78, 5) is 10.4. The minimum Gasteiger partial charge on any atom is -0.465 e. The lowest BCUT2D eigenvalue weighted by Crippen LogP contribution is -2.24. The van der Waals surface area contributed by atoms with Gasteiger partial charge >= 0.3 is 12.5 Å². The van der Waals surface area contributed by atoms with Crippen molar-refractivity contribution in [2.24, 2.45) is 0 Å². The summed E-state index contributed by atoms with van der Waals surface area (Å²) >= 11 is 0. The minimum absolute atomic E-state index is 0.325. The average molecular weight is 274 g/mol. The molecule has 8 heteroatoms. The van der Waals surface area contributed by atoms with Crippen LogP contribution in [0, 0.1) is 11.3 Å². The molecule has 0 aliphatic rings. The van der Waals surface area contributed by atoms with Crippen molar-refractivity contribution in [3.8, 4) is 11.8 Å². The van der Waals surface area contributed by atoms with Gasteiger partial charge in [-0.3, -0.25) is 0 Å². The van der Waals surface area contributed by atoms with E-state index in [2.05, 4.69) is 10.1 Å². The van der Waals surface area contributed by atoms with Gasteiger partial charge in [0.15, 0.2) is 0 Å². The zero-order chi connectivity index (χ0) is 14.6. The van der Waals surface area contributed by atoms with E-state index in [4.69, 9.17) is 10.4 Å². The number of halogens is 3. The Morgan fingerprint density at radius 2 is 2.16 bits per heavy atom. The Morgan fingerprint density at radius 1 is 1.53 bits per heavy atom. The lowest BCUT2D eigenvalue weighted by atomic mass is 10.1. The molecule has 5 nitrogen and oxygen atoms in total. The number of carbonyl (C=O) groups is 1. The highest BCUT2D eigenvalue weighted by molar-refractivity contribution is 5.65. The first-order valence-electron chi connectivity index (χ1n) is 5.02. The Balaban J connectivity index is 3.03. The van der Waals surface area contributed by atoms with Gasteiger partial charge in [-0.15, -0.1) is 13.2 Å². The molecule has 1 rings (SSSR count). The van der Waals surface area contributed by atoms with Crippen LogP contribution >= 0.6 is 0 Å².